The molecule has 5 heteroatoms. The van der Waals surface area contributed by atoms with Crippen LogP contribution in [0.1, 0.15) is 33.6 Å². The molecule has 2 rings (SSSR count). The van der Waals surface area contributed by atoms with Gasteiger partial charge in [-0.1, -0.05) is 0 Å². The number of alkyl carbamates (subject to hydrolysis) is 1. The molecule has 0 aromatic rings. The van der Waals surface area contributed by atoms with Crippen molar-refractivity contribution in [3.8, 4) is 0 Å². The van der Waals surface area contributed by atoms with E-state index in [9.17, 15) is 4.79 Å². The molecular formula is C12H22N2O3. The van der Waals surface area contributed by atoms with Gasteiger partial charge >= 0.3 is 6.09 Å². The SMILES string of the molecule is CC(C)(C)OC(=O)N[C@H]1CCN[C@H]2CCO[C@H]21. The molecule has 0 aromatic carbocycles. The second kappa shape index (κ2) is 4.82. The summed E-state index contributed by atoms with van der Waals surface area (Å²) in [5, 5.41) is 6.34. The van der Waals surface area contributed by atoms with Gasteiger partial charge < -0.3 is 20.1 Å². The lowest BCUT2D eigenvalue weighted by molar-refractivity contribution is 0.0258. The monoisotopic (exact) mass is 242 g/mol. The van der Waals surface area contributed by atoms with E-state index < -0.39 is 5.60 Å². The fourth-order valence-electron chi connectivity index (χ4n) is 2.43. The third-order valence-electron chi connectivity index (χ3n) is 3.10. The molecule has 2 saturated heterocycles. The molecule has 2 aliphatic rings. The summed E-state index contributed by atoms with van der Waals surface area (Å²) in [4.78, 5) is 11.7. The number of piperidine rings is 1. The summed E-state index contributed by atoms with van der Waals surface area (Å²) >= 11 is 0. The zero-order valence-corrected chi connectivity index (χ0v) is 10.8. The van der Waals surface area contributed by atoms with Gasteiger partial charge in [-0.05, 0) is 40.2 Å². The Morgan fingerprint density at radius 3 is 2.88 bits per heavy atom. The Morgan fingerprint density at radius 1 is 1.41 bits per heavy atom. The maximum absolute atomic E-state index is 11.7. The second-order valence-corrected chi connectivity index (χ2v) is 5.73. The molecule has 5 nitrogen and oxygen atoms in total. The van der Waals surface area contributed by atoms with Crippen molar-refractivity contribution >= 4 is 6.09 Å². The Kier molecular flexibility index (Phi) is 3.58. The van der Waals surface area contributed by atoms with Crippen molar-refractivity contribution in [1.29, 1.82) is 0 Å². The van der Waals surface area contributed by atoms with Crippen LogP contribution in [0, 0.1) is 0 Å². The third-order valence-corrected chi connectivity index (χ3v) is 3.10. The first-order chi connectivity index (χ1) is 7.96. The molecule has 0 aliphatic carbocycles. The largest absolute Gasteiger partial charge is 0.444 e. The molecule has 0 spiro atoms. The number of ether oxygens (including phenoxy) is 2. The highest BCUT2D eigenvalue weighted by Gasteiger charge is 2.38. The topological polar surface area (TPSA) is 59.6 Å². The number of rotatable bonds is 1. The van der Waals surface area contributed by atoms with Gasteiger partial charge in [0.15, 0.2) is 0 Å². The summed E-state index contributed by atoms with van der Waals surface area (Å²) < 4.78 is 10.9. The maximum atomic E-state index is 11.7. The van der Waals surface area contributed by atoms with Gasteiger partial charge in [0.25, 0.3) is 0 Å². The number of hydrogen-bond acceptors (Lipinski definition) is 4. The average molecular weight is 242 g/mol. The molecule has 0 bridgehead atoms. The molecule has 2 aliphatic heterocycles. The Bertz CT molecular complexity index is 288. The normalized spacial score (nSPS) is 33.0. The molecule has 3 atom stereocenters. The van der Waals surface area contributed by atoms with Gasteiger partial charge in [-0.2, -0.15) is 0 Å². The smallest absolute Gasteiger partial charge is 0.407 e. The second-order valence-electron chi connectivity index (χ2n) is 5.73. The van der Waals surface area contributed by atoms with Gasteiger partial charge in [0.2, 0.25) is 0 Å². The molecular weight excluding hydrogens is 220 g/mol. The van der Waals surface area contributed by atoms with Crippen molar-refractivity contribution in [1.82, 2.24) is 10.6 Å². The van der Waals surface area contributed by atoms with E-state index in [4.69, 9.17) is 9.47 Å². The third kappa shape index (κ3) is 3.33. The van der Waals surface area contributed by atoms with Crippen LogP contribution in [-0.2, 0) is 9.47 Å². The Balaban J connectivity index is 1.87. The number of carbonyl (C=O) groups is 1. The van der Waals surface area contributed by atoms with Gasteiger partial charge in [0.1, 0.15) is 5.60 Å². The minimum absolute atomic E-state index is 0.0681. The molecule has 0 aromatic heterocycles. The number of carbonyl (C=O) groups excluding carboxylic acids is 1. The standard InChI is InChI=1S/C12H22N2O3/c1-12(2,3)17-11(15)14-9-4-6-13-8-5-7-16-10(8)9/h8-10,13H,4-7H2,1-3H3,(H,14,15)/t8-,9-,10+/m0/s1. The van der Waals surface area contributed by atoms with Crippen LogP contribution in [0.4, 0.5) is 4.79 Å². The van der Waals surface area contributed by atoms with Crippen LogP contribution in [-0.4, -0.2) is 43.0 Å². The highest BCUT2D eigenvalue weighted by molar-refractivity contribution is 5.68. The summed E-state index contributed by atoms with van der Waals surface area (Å²) in [6.45, 7) is 7.29. The zero-order valence-electron chi connectivity index (χ0n) is 10.8. The van der Waals surface area contributed by atoms with E-state index in [0.29, 0.717) is 6.04 Å². The molecule has 2 N–H and O–H groups in total. The van der Waals surface area contributed by atoms with Crippen molar-refractivity contribution in [2.45, 2.75) is 57.4 Å². The summed E-state index contributed by atoms with van der Waals surface area (Å²) in [5.74, 6) is 0. The molecule has 98 valence electrons. The summed E-state index contributed by atoms with van der Waals surface area (Å²) in [6, 6.07) is 0.447. The first-order valence-electron chi connectivity index (χ1n) is 6.30. The zero-order chi connectivity index (χ0) is 12.5. The lowest BCUT2D eigenvalue weighted by Gasteiger charge is -2.34. The lowest BCUT2D eigenvalue weighted by Crippen LogP contribution is -2.57. The van der Waals surface area contributed by atoms with Gasteiger partial charge in [0, 0.05) is 12.6 Å². The summed E-state index contributed by atoms with van der Waals surface area (Å²) in [6.07, 6.45) is 1.66. The van der Waals surface area contributed by atoms with Crippen molar-refractivity contribution in [3.05, 3.63) is 0 Å². The number of amides is 1. The van der Waals surface area contributed by atoms with E-state index >= 15 is 0 Å². The fraction of sp³-hybridized carbons (Fsp3) is 0.917. The molecule has 2 fully saturated rings. The predicted molar refractivity (Wildman–Crippen MR) is 63.9 cm³/mol. The van der Waals surface area contributed by atoms with Crippen LogP contribution in [0.5, 0.6) is 0 Å². The highest BCUT2D eigenvalue weighted by Crippen LogP contribution is 2.22. The van der Waals surface area contributed by atoms with Crippen LogP contribution in [0.25, 0.3) is 0 Å². The van der Waals surface area contributed by atoms with Crippen LogP contribution in [0.3, 0.4) is 0 Å². The van der Waals surface area contributed by atoms with Crippen LogP contribution in [0.2, 0.25) is 0 Å². The van der Waals surface area contributed by atoms with E-state index in [1.807, 2.05) is 20.8 Å². The van der Waals surface area contributed by atoms with E-state index in [0.717, 1.165) is 26.0 Å². The predicted octanol–water partition coefficient (Wildman–Crippen LogP) is 1.03. The van der Waals surface area contributed by atoms with E-state index in [1.165, 1.54) is 0 Å². The molecule has 0 unspecified atom stereocenters. The summed E-state index contributed by atoms with van der Waals surface area (Å²) in [7, 11) is 0. The van der Waals surface area contributed by atoms with Crippen LogP contribution >= 0.6 is 0 Å². The average Bonchev–Trinajstić information content (AvgIpc) is 2.63. The van der Waals surface area contributed by atoms with E-state index in [2.05, 4.69) is 10.6 Å². The first kappa shape index (κ1) is 12.6. The van der Waals surface area contributed by atoms with Crippen molar-refractivity contribution in [3.63, 3.8) is 0 Å². The Labute approximate surface area is 102 Å². The molecule has 17 heavy (non-hydrogen) atoms. The Hall–Kier alpha value is -0.810. The first-order valence-corrected chi connectivity index (χ1v) is 6.30. The molecule has 0 saturated carbocycles. The summed E-state index contributed by atoms with van der Waals surface area (Å²) in [5.41, 5.74) is -0.451. The van der Waals surface area contributed by atoms with Gasteiger partial charge in [-0.3, -0.25) is 0 Å². The van der Waals surface area contributed by atoms with Gasteiger partial charge in [0.05, 0.1) is 12.1 Å². The van der Waals surface area contributed by atoms with Gasteiger partial charge in [-0.15, -0.1) is 0 Å². The maximum Gasteiger partial charge on any atom is 0.407 e. The number of nitrogens with one attached hydrogen (secondary N) is 2. The molecule has 1 amide bonds. The number of fused-ring (bicyclic) bond motifs is 1. The van der Waals surface area contributed by atoms with Crippen molar-refractivity contribution in [2.24, 2.45) is 0 Å². The fourth-order valence-corrected chi connectivity index (χ4v) is 2.43. The minimum Gasteiger partial charge on any atom is -0.444 e. The lowest BCUT2D eigenvalue weighted by atomic mass is 9.96. The highest BCUT2D eigenvalue weighted by atomic mass is 16.6. The molecule has 2 heterocycles. The Morgan fingerprint density at radius 2 is 2.18 bits per heavy atom. The van der Waals surface area contributed by atoms with Crippen LogP contribution < -0.4 is 10.6 Å². The van der Waals surface area contributed by atoms with Gasteiger partial charge in [-0.25, -0.2) is 4.79 Å². The number of hydrogen-bond donors (Lipinski definition) is 2. The van der Waals surface area contributed by atoms with Crippen LogP contribution in [0.15, 0.2) is 0 Å². The van der Waals surface area contributed by atoms with Crippen molar-refractivity contribution in [2.75, 3.05) is 13.2 Å². The van der Waals surface area contributed by atoms with E-state index in [-0.39, 0.29) is 18.2 Å². The van der Waals surface area contributed by atoms with E-state index in [1.54, 1.807) is 0 Å². The molecule has 0 radical (unpaired) electrons. The van der Waals surface area contributed by atoms with Crippen molar-refractivity contribution < 1.29 is 14.3 Å². The quantitative estimate of drug-likeness (QED) is 0.721. The minimum atomic E-state index is -0.451.